The molecule has 0 aliphatic heterocycles. The Kier molecular flexibility index (Phi) is 4.62. The molecule has 0 saturated heterocycles. The van der Waals surface area contributed by atoms with Gasteiger partial charge in [0, 0.05) is 27.4 Å². The highest BCUT2D eigenvalue weighted by molar-refractivity contribution is 6.17. The summed E-state index contributed by atoms with van der Waals surface area (Å²) in [4.78, 5) is 0. The number of hydrogen-bond donors (Lipinski definition) is 0. The average Bonchev–Trinajstić information content (AvgIpc) is 3.42. The molecule has 0 amide bonds. The first-order chi connectivity index (χ1) is 18.5. The molecule has 1 heterocycles. The Labute approximate surface area is 221 Å². The molecule has 0 saturated carbocycles. The fourth-order valence-corrected chi connectivity index (χ4v) is 6.36. The van der Waals surface area contributed by atoms with Gasteiger partial charge in [0.25, 0.3) is 0 Å². The summed E-state index contributed by atoms with van der Waals surface area (Å²) in [5, 5.41) is 21.8. The number of benzene rings is 5. The number of para-hydroxylation sites is 1. The van der Waals surface area contributed by atoms with Gasteiger partial charge in [-0.25, -0.2) is 0 Å². The van der Waals surface area contributed by atoms with Crippen molar-refractivity contribution in [1.82, 2.24) is 4.57 Å². The maximum atomic E-state index is 9.66. The molecule has 38 heavy (non-hydrogen) atoms. The molecular weight excluding hydrogens is 462 g/mol. The summed E-state index contributed by atoms with van der Waals surface area (Å²) >= 11 is 0. The SMILES string of the molecule is CC1(C)c2ccccc2-c2c1ccc1c2c2ccccc2n1-c1ccc(-c2c(C#N)cccc2C#N)cc1. The highest BCUT2D eigenvalue weighted by Crippen LogP contribution is 2.53. The molecule has 1 aromatic heterocycles. The molecule has 3 nitrogen and oxygen atoms in total. The van der Waals surface area contributed by atoms with Crippen molar-refractivity contribution in [2.75, 3.05) is 0 Å². The number of nitrogens with zero attached hydrogens (tertiary/aromatic N) is 3. The summed E-state index contributed by atoms with van der Waals surface area (Å²) in [6.45, 7) is 4.63. The van der Waals surface area contributed by atoms with Crippen LogP contribution in [0, 0.1) is 22.7 Å². The van der Waals surface area contributed by atoms with Crippen molar-refractivity contribution in [2.24, 2.45) is 0 Å². The predicted molar refractivity (Wildman–Crippen MR) is 153 cm³/mol. The molecule has 0 fully saturated rings. The van der Waals surface area contributed by atoms with Crippen LogP contribution in [0.5, 0.6) is 0 Å². The van der Waals surface area contributed by atoms with Crippen molar-refractivity contribution >= 4 is 21.8 Å². The van der Waals surface area contributed by atoms with Gasteiger partial charge in [0.2, 0.25) is 0 Å². The van der Waals surface area contributed by atoms with Crippen molar-refractivity contribution in [1.29, 1.82) is 10.5 Å². The molecule has 0 spiro atoms. The standard InChI is InChI=1S/C35H23N3/c1-35(2)28-12-5-3-10-26(28)33-29(35)18-19-31-34(33)27-11-4-6-13-30(27)38(31)25-16-14-22(15-17-25)32-23(20-36)8-7-9-24(32)21-37/h3-19H,1-2H3. The smallest absolute Gasteiger partial charge is 0.0998 e. The van der Waals surface area contributed by atoms with Gasteiger partial charge in [-0.3, -0.25) is 0 Å². The molecule has 1 aliphatic carbocycles. The van der Waals surface area contributed by atoms with Crippen molar-refractivity contribution in [3.8, 4) is 40.1 Å². The van der Waals surface area contributed by atoms with E-state index in [-0.39, 0.29) is 5.41 Å². The Bertz CT molecular complexity index is 1980. The topological polar surface area (TPSA) is 52.5 Å². The van der Waals surface area contributed by atoms with E-state index in [1.807, 2.05) is 12.1 Å². The Morgan fingerprint density at radius 1 is 0.605 bits per heavy atom. The van der Waals surface area contributed by atoms with E-state index < -0.39 is 0 Å². The second kappa shape index (κ2) is 7.94. The van der Waals surface area contributed by atoms with E-state index in [9.17, 15) is 10.5 Å². The first-order valence-electron chi connectivity index (χ1n) is 12.7. The van der Waals surface area contributed by atoms with E-state index in [0.29, 0.717) is 16.7 Å². The van der Waals surface area contributed by atoms with Crippen LogP contribution in [0.2, 0.25) is 0 Å². The van der Waals surface area contributed by atoms with Gasteiger partial charge in [0.15, 0.2) is 0 Å². The van der Waals surface area contributed by atoms with Gasteiger partial charge in [-0.05, 0) is 64.2 Å². The van der Waals surface area contributed by atoms with E-state index in [2.05, 4.69) is 103 Å². The Morgan fingerprint density at radius 3 is 2.03 bits per heavy atom. The molecule has 5 aromatic carbocycles. The van der Waals surface area contributed by atoms with E-state index in [4.69, 9.17) is 0 Å². The molecule has 0 bridgehead atoms. The van der Waals surface area contributed by atoms with Gasteiger partial charge in [-0.15, -0.1) is 0 Å². The minimum absolute atomic E-state index is 0.0580. The Hall–Kier alpha value is -5.12. The van der Waals surface area contributed by atoms with Gasteiger partial charge in [-0.1, -0.05) is 80.6 Å². The lowest BCUT2D eigenvalue weighted by Crippen LogP contribution is -2.14. The predicted octanol–water partition coefficient (Wildman–Crippen LogP) is 8.50. The summed E-state index contributed by atoms with van der Waals surface area (Å²) in [5.74, 6) is 0. The maximum absolute atomic E-state index is 9.66. The first-order valence-corrected chi connectivity index (χ1v) is 12.7. The quantitative estimate of drug-likeness (QED) is 0.247. The van der Waals surface area contributed by atoms with Crippen molar-refractivity contribution in [3.63, 3.8) is 0 Å². The molecule has 7 rings (SSSR count). The third-order valence-electron chi connectivity index (χ3n) is 8.10. The van der Waals surface area contributed by atoms with Gasteiger partial charge in [0.1, 0.15) is 0 Å². The lowest BCUT2D eigenvalue weighted by Gasteiger charge is -2.21. The lowest BCUT2D eigenvalue weighted by molar-refractivity contribution is 0.661. The monoisotopic (exact) mass is 485 g/mol. The van der Waals surface area contributed by atoms with Gasteiger partial charge in [0.05, 0.1) is 34.3 Å². The number of fused-ring (bicyclic) bond motifs is 7. The molecule has 178 valence electrons. The van der Waals surface area contributed by atoms with Gasteiger partial charge >= 0.3 is 0 Å². The number of rotatable bonds is 2. The largest absolute Gasteiger partial charge is 0.309 e. The van der Waals surface area contributed by atoms with Crippen LogP contribution in [0.15, 0.2) is 103 Å². The fourth-order valence-electron chi connectivity index (χ4n) is 6.36. The second-order valence-electron chi connectivity index (χ2n) is 10.4. The Balaban J connectivity index is 1.50. The van der Waals surface area contributed by atoms with Crippen LogP contribution in [0.1, 0.15) is 36.1 Å². The summed E-state index contributed by atoms with van der Waals surface area (Å²) in [6, 6.07) is 39.9. The van der Waals surface area contributed by atoms with Crippen molar-refractivity contribution in [3.05, 3.63) is 125 Å². The summed E-state index contributed by atoms with van der Waals surface area (Å²) in [6.07, 6.45) is 0. The first kappa shape index (κ1) is 22.1. The molecular formula is C35H23N3. The molecule has 0 atom stereocenters. The molecule has 0 N–H and O–H groups in total. The van der Waals surface area contributed by atoms with E-state index in [0.717, 1.165) is 16.8 Å². The van der Waals surface area contributed by atoms with Crippen molar-refractivity contribution < 1.29 is 0 Å². The lowest BCUT2D eigenvalue weighted by atomic mass is 9.82. The summed E-state index contributed by atoms with van der Waals surface area (Å²) in [7, 11) is 0. The Morgan fingerprint density at radius 2 is 1.29 bits per heavy atom. The fraction of sp³-hybridized carbons (Fsp3) is 0.0857. The van der Waals surface area contributed by atoms with Crippen LogP contribution < -0.4 is 0 Å². The van der Waals surface area contributed by atoms with Crippen LogP contribution >= 0.6 is 0 Å². The zero-order valence-electron chi connectivity index (χ0n) is 21.2. The van der Waals surface area contributed by atoms with Crippen LogP contribution in [-0.2, 0) is 5.41 Å². The molecule has 3 heteroatoms. The highest BCUT2D eigenvalue weighted by Gasteiger charge is 2.37. The molecule has 6 aromatic rings. The van der Waals surface area contributed by atoms with E-state index >= 15 is 0 Å². The van der Waals surface area contributed by atoms with E-state index in [1.165, 1.54) is 38.5 Å². The summed E-state index contributed by atoms with van der Waals surface area (Å²) < 4.78 is 2.32. The van der Waals surface area contributed by atoms with Crippen LogP contribution in [0.4, 0.5) is 0 Å². The zero-order valence-corrected chi connectivity index (χ0v) is 21.2. The average molecular weight is 486 g/mol. The van der Waals surface area contributed by atoms with Crippen LogP contribution in [0.3, 0.4) is 0 Å². The van der Waals surface area contributed by atoms with E-state index in [1.54, 1.807) is 18.2 Å². The third-order valence-corrected chi connectivity index (χ3v) is 8.10. The van der Waals surface area contributed by atoms with Gasteiger partial charge in [-0.2, -0.15) is 10.5 Å². The number of nitriles is 2. The van der Waals surface area contributed by atoms with Crippen LogP contribution in [-0.4, -0.2) is 4.57 Å². The maximum Gasteiger partial charge on any atom is 0.0998 e. The highest BCUT2D eigenvalue weighted by atomic mass is 15.0. The second-order valence-corrected chi connectivity index (χ2v) is 10.4. The third kappa shape index (κ3) is 2.88. The number of aromatic nitrogens is 1. The normalized spacial score (nSPS) is 13.2. The number of hydrogen-bond acceptors (Lipinski definition) is 2. The molecule has 0 radical (unpaired) electrons. The van der Waals surface area contributed by atoms with Crippen molar-refractivity contribution in [2.45, 2.75) is 19.3 Å². The summed E-state index contributed by atoms with van der Waals surface area (Å²) in [5.41, 5.74) is 11.2. The molecule has 0 unspecified atom stereocenters. The van der Waals surface area contributed by atoms with Crippen LogP contribution in [0.25, 0.3) is 49.7 Å². The zero-order chi connectivity index (χ0) is 26.0. The molecule has 1 aliphatic rings. The minimum Gasteiger partial charge on any atom is -0.309 e. The van der Waals surface area contributed by atoms with Gasteiger partial charge < -0.3 is 4.57 Å². The minimum atomic E-state index is -0.0580.